The first-order chi connectivity index (χ1) is 24.5. The second-order valence-electron chi connectivity index (χ2n) is 13.7. The van der Waals surface area contributed by atoms with E-state index in [0.717, 1.165) is 28.1 Å². The molecule has 8 aromatic rings. The first kappa shape index (κ1) is 35.2. The zero-order valence-electron chi connectivity index (χ0n) is 30.5. The van der Waals surface area contributed by atoms with E-state index in [1.54, 1.807) is 6.20 Å². The number of hydrogen-bond acceptors (Lipinski definition) is 3. The molecule has 5 aromatic carbocycles. The van der Waals surface area contributed by atoms with Gasteiger partial charge in [0.2, 0.25) is 0 Å². The SMILES string of the molecule is [2H]C(C)(C)c1ccnc(-c2[c-]cc3c(c2)sc2c(-c4ccc(-c5ccccc5)cc4)cccc23)c1.[CH3][Ge]([CH3])([CH3])[c]1ccc(-c2[c-]cccc2)nc1.[Ir]. The largest absolute Gasteiger partial charge is 0 e. The van der Waals surface area contributed by atoms with Crippen LogP contribution in [0.15, 0.2) is 146 Å². The van der Waals surface area contributed by atoms with Crippen molar-refractivity contribution < 1.29 is 21.5 Å². The summed E-state index contributed by atoms with van der Waals surface area (Å²) in [5, 5.41) is 2.47. The molecule has 0 unspecified atom stereocenters. The van der Waals surface area contributed by atoms with E-state index in [1.807, 2.05) is 73.8 Å². The Morgan fingerprint density at radius 1 is 0.667 bits per heavy atom. The van der Waals surface area contributed by atoms with Crippen LogP contribution in [0.4, 0.5) is 0 Å². The molecule has 0 aliphatic rings. The molecule has 8 rings (SSSR count). The smallest absolute Gasteiger partial charge is 0 e. The number of fused-ring (bicyclic) bond motifs is 3. The average molecular weight is 919 g/mol. The van der Waals surface area contributed by atoms with Crippen molar-refractivity contribution in [1.82, 2.24) is 9.97 Å². The van der Waals surface area contributed by atoms with E-state index >= 15 is 0 Å². The van der Waals surface area contributed by atoms with Crippen molar-refractivity contribution in [3.05, 3.63) is 164 Å². The second kappa shape index (κ2) is 16.0. The molecule has 0 saturated carbocycles. The molecule has 0 spiro atoms. The Bertz CT molecular complexity index is 2410. The predicted molar refractivity (Wildman–Crippen MR) is 218 cm³/mol. The summed E-state index contributed by atoms with van der Waals surface area (Å²) in [6, 6.07) is 53.0. The van der Waals surface area contributed by atoms with Crippen LogP contribution in [0.3, 0.4) is 0 Å². The molecule has 3 aromatic heterocycles. The molecule has 2 nitrogen and oxygen atoms in total. The monoisotopic (exact) mass is 920 g/mol. The summed E-state index contributed by atoms with van der Waals surface area (Å²) in [7, 11) is 0. The van der Waals surface area contributed by atoms with Crippen LogP contribution in [-0.2, 0) is 20.1 Å². The molecular formula is C46H40GeIrN2S-2. The fourth-order valence-electron chi connectivity index (χ4n) is 6.02. The fourth-order valence-corrected chi connectivity index (χ4v) is 9.45. The van der Waals surface area contributed by atoms with Gasteiger partial charge in [-0.25, -0.2) is 0 Å². The van der Waals surface area contributed by atoms with Gasteiger partial charge in [0.05, 0.1) is 0 Å². The number of nitrogens with zero attached hydrogens (tertiary/aromatic N) is 2. The molecule has 0 bridgehead atoms. The maximum absolute atomic E-state index is 8.37. The van der Waals surface area contributed by atoms with Crippen LogP contribution >= 0.6 is 11.3 Å². The normalized spacial score (nSPS) is 11.7. The van der Waals surface area contributed by atoms with Crippen molar-refractivity contribution in [2.45, 2.75) is 37.0 Å². The van der Waals surface area contributed by atoms with E-state index in [1.165, 1.54) is 46.8 Å². The van der Waals surface area contributed by atoms with Gasteiger partial charge in [-0.15, -0.1) is 23.8 Å². The first-order valence-electron chi connectivity index (χ1n) is 17.5. The van der Waals surface area contributed by atoms with Crippen molar-refractivity contribution in [3.8, 4) is 44.8 Å². The van der Waals surface area contributed by atoms with Crippen molar-refractivity contribution in [2.75, 3.05) is 0 Å². The Kier molecular flexibility index (Phi) is 11.1. The Hall–Kier alpha value is -4.19. The Morgan fingerprint density at radius 2 is 1.41 bits per heavy atom. The molecule has 1 radical (unpaired) electrons. The summed E-state index contributed by atoms with van der Waals surface area (Å²) < 4.78 is 12.3. The number of thiophene rings is 1. The molecule has 0 aliphatic heterocycles. The Labute approximate surface area is 323 Å². The standard InChI is InChI=1S/C32H24NS.C14H16GeN.Ir/c1-21(2)25-17-18-33-30(19-25)26-15-16-28-29-10-6-9-27(32(29)34-31(28)20-26)24-13-11-23(12-14-24)22-7-4-3-5-8-22;1-15(2,3)13-9-10-14(16-11-13)12-7-5-4-6-8-12;/h3-14,16-21H,1-2H3;4-7,9-11H,1-3H3;/q2*-1;/i21D;;. The van der Waals surface area contributed by atoms with E-state index in [-0.39, 0.29) is 20.1 Å². The third kappa shape index (κ3) is 8.32. The minimum Gasteiger partial charge on any atom is 0 e. The minimum absolute atomic E-state index is 0. The molecule has 0 N–H and O–H groups in total. The second-order valence-corrected chi connectivity index (χ2v) is 25.4. The van der Waals surface area contributed by atoms with Gasteiger partial charge in [-0.2, -0.15) is 11.3 Å². The van der Waals surface area contributed by atoms with Gasteiger partial charge in [-0.3, -0.25) is 0 Å². The number of aromatic nitrogens is 2. The number of hydrogen-bond donors (Lipinski definition) is 0. The molecule has 0 aliphatic carbocycles. The molecule has 3 heterocycles. The molecule has 0 atom stereocenters. The third-order valence-corrected chi connectivity index (χ3v) is 14.4. The predicted octanol–water partition coefficient (Wildman–Crippen LogP) is 12.5. The van der Waals surface area contributed by atoms with Crippen LogP contribution < -0.4 is 4.40 Å². The van der Waals surface area contributed by atoms with Crippen molar-refractivity contribution in [3.63, 3.8) is 0 Å². The Morgan fingerprint density at radius 3 is 2.10 bits per heavy atom. The van der Waals surface area contributed by atoms with Crippen LogP contribution in [0.2, 0.25) is 17.3 Å². The van der Waals surface area contributed by atoms with Gasteiger partial charge in [0.25, 0.3) is 0 Å². The zero-order valence-corrected chi connectivity index (χ0v) is 34.8. The van der Waals surface area contributed by atoms with Crippen molar-refractivity contribution >= 4 is 49.2 Å². The van der Waals surface area contributed by atoms with Gasteiger partial charge in [-0.1, -0.05) is 104 Å². The van der Waals surface area contributed by atoms with E-state index < -0.39 is 19.2 Å². The molecule has 0 amide bonds. The topological polar surface area (TPSA) is 25.8 Å². The maximum Gasteiger partial charge on any atom is 0 e. The maximum atomic E-state index is 8.37. The van der Waals surface area contributed by atoms with E-state index in [4.69, 9.17) is 1.37 Å². The minimum atomic E-state index is -1.72. The molecule has 5 heteroatoms. The number of rotatable bonds is 6. The molecule has 0 fully saturated rings. The van der Waals surface area contributed by atoms with Crippen LogP contribution in [0.1, 0.15) is 26.7 Å². The van der Waals surface area contributed by atoms with Gasteiger partial charge in [-0.05, 0) is 50.0 Å². The molecule has 255 valence electrons. The van der Waals surface area contributed by atoms with Crippen LogP contribution in [0.5, 0.6) is 0 Å². The quantitative estimate of drug-likeness (QED) is 0.123. The molecule has 51 heavy (non-hydrogen) atoms. The van der Waals surface area contributed by atoms with E-state index in [2.05, 4.69) is 130 Å². The first-order valence-corrected chi connectivity index (χ1v) is 25.1. The summed E-state index contributed by atoms with van der Waals surface area (Å²) in [4.78, 5) is 9.10. The summed E-state index contributed by atoms with van der Waals surface area (Å²) >= 11 is 0.102. The average Bonchev–Trinajstić information content (AvgIpc) is 3.54. The van der Waals surface area contributed by atoms with Crippen molar-refractivity contribution in [1.29, 1.82) is 0 Å². The van der Waals surface area contributed by atoms with Gasteiger partial charge >= 0.3 is 99.8 Å². The van der Waals surface area contributed by atoms with Gasteiger partial charge in [0.15, 0.2) is 0 Å². The molecule has 0 saturated heterocycles. The number of benzene rings is 5. The number of pyridine rings is 2. The van der Waals surface area contributed by atoms with E-state index in [0.29, 0.717) is 0 Å². The Balaban J connectivity index is 0.000000230. The summed E-state index contributed by atoms with van der Waals surface area (Å²) in [5.41, 5.74) is 9.78. The van der Waals surface area contributed by atoms with E-state index in [9.17, 15) is 0 Å². The van der Waals surface area contributed by atoms with Gasteiger partial charge in [0, 0.05) is 32.4 Å². The third-order valence-electron chi connectivity index (χ3n) is 8.96. The molecular weight excluding hydrogens is 877 g/mol. The zero-order chi connectivity index (χ0) is 35.6. The van der Waals surface area contributed by atoms with Crippen LogP contribution in [-0.4, -0.2) is 23.2 Å². The fraction of sp³-hybridized carbons (Fsp3) is 0.130. The van der Waals surface area contributed by atoms with Crippen molar-refractivity contribution in [2.24, 2.45) is 0 Å². The van der Waals surface area contributed by atoms with Crippen LogP contribution in [0, 0.1) is 12.1 Å². The van der Waals surface area contributed by atoms with Crippen LogP contribution in [0.25, 0.3) is 64.9 Å². The van der Waals surface area contributed by atoms with Gasteiger partial charge < -0.3 is 4.98 Å². The summed E-state index contributed by atoms with van der Waals surface area (Å²) in [6.07, 6.45) is 3.83. The summed E-state index contributed by atoms with van der Waals surface area (Å²) in [5.74, 6) is 6.48. The van der Waals surface area contributed by atoms with Gasteiger partial charge in [0.1, 0.15) is 0 Å². The summed E-state index contributed by atoms with van der Waals surface area (Å²) in [6.45, 7) is 3.80.